The van der Waals surface area contributed by atoms with E-state index in [-0.39, 0.29) is 6.42 Å². The molecule has 1 N–H and O–H groups in total. The molecule has 1 aromatic carbocycles. The Bertz CT molecular complexity index is 477. The summed E-state index contributed by atoms with van der Waals surface area (Å²) in [6.45, 7) is 5.26. The zero-order valence-corrected chi connectivity index (χ0v) is 13.1. The topological polar surface area (TPSA) is 55.4 Å². The third-order valence-electron chi connectivity index (χ3n) is 2.37. The van der Waals surface area contributed by atoms with Crippen LogP contribution in [0.25, 0.3) is 0 Å². The van der Waals surface area contributed by atoms with Crippen molar-refractivity contribution < 1.29 is 14.3 Å². The van der Waals surface area contributed by atoms with Crippen LogP contribution in [0.1, 0.15) is 38.8 Å². The van der Waals surface area contributed by atoms with E-state index in [4.69, 9.17) is 27.9 Å². The Morgan fingerprint density at radius 3 is 2.35 bits per heavy atom. The maximum Gasteiger partial charge on any atom is 0.408 e. The van der Waals surface area contributed by atoms with Gasteiger partial charge < -0.3 is 14.8 Å². The number of carbonyl (C=O) groups excluding carboxylic acids is 2. The maximum atomic E-state index is 11.8. The Morgan fingerprint density at radius 1 is 1.35 bits per heavy atom. The summed E-state index contributed by atoms with van der Waals surface area (Å²) in [7, 11) is 0. The number of carbonyl (C=O) groups is 2. The molecule has 0 radical (unpaired) electrons. The van der Waals surface area contributed by atoms with Gasteiger partial charge in [-0.25, -0.2) is 4.79 Å². The summed E-state index contributed by atoms with van der Waals surface area (Å²) in [6.07, 6.45) is 0.130. The molecule has 0 unspecified atom stereocenters. The number of amides is 1. The van der Waals surface area contributed by atoms with E-state index in [2.05, 4.69) is 5.32 Å². The Morgan fingerprint density at radius 2 is 1.90 bits per heavy atom. The molecule has 1 aromatic rings. The lowest BCUT2D eigenvalue weighted by Gasteiger charge is -2.24. The van der Waals surface area contributed by atoms with E-state index in [0.717, 1.165) is 0 Å². The average molecular weight is 318 g/mol. The van der Waals surface area contributed by atoms with Crippen molar-refractivity contribution in [3.05, 3.63) is 33.8 Å². The van der Waals surface area contributed by atoms with E-state index >= 15 is 0 Å². The van der Waals surface area contributed by atoms with Crippen LogP contribution >= 0.6 is 23.2 Å². The van der Waals surface area contributed by atoms with Crippen molar-refractivity contribution in [3.63, 3.8) is 0 Å². The SMILES string of the molecule is CC(C)(C)OC(=O)N[C@@H](CC=O)c1c(Cl)cccc1Cl. The van der Waals surface area contributed by atoms with Gasteiger partial charge in [-0.3, -0.25) is 0 Å². The monoisotopic (exact) mass is 317 g/mol. The Kier molecular flexibility index (Phi) is 5.84. The molecular formula is C14H17Cl2NO3. The molecule has 0 saturated carbocycles. The molecule has 0 saturated heterocycles. The van der Waals surface area contributed by atoms with Gasteiger partial charge in [0.25, 0.3) is 0 Å². The Hall–Kier alpha value is -1.26. The van der Waals surface area contributed by atoms with Gasteiger partial charge in [-0.1, -0.05) is 29.3 Å². The van der Waals surface area contributed by atoms with E-state index < -0.39 is 17.7 Å². The zero-order chi connectivity index (χ0) is 15.3. The summed E-state index contributed by atoms with van der Waals surface area (Å²) in [4.78, 5) is 22.6. The summed E-state index contributed by atoms with van der Waals surface area (Å²) in [5, 5.41) is 3.39. The van der Waals surface area contributed by atoms with Gasteiger partial charge >= 0.3 is 6.09 Å². The van der Waals surface area contributed by atoms with Crippen LogP contribution < -0.4 is 5.32 Å². The summed E-state index contributed by atoms with van der Waals surface area (Å²) < 4.78 is 5.16. The standard InChI is InChI=1S/C14H17Cl2NO3/c1-14(2,3)20-13(19)17-11(7-8-18)12-9(15)5-4-6-10(12)16/h4-6,8,11H,7H2,1-3H3,(H,17,19)/t11-/m0/s1. The normalized spacial score (nSPS) is 12.7. The van der Waals surface area contributed by atoms with Crippen molar-refractivity contribution in [1.29, 1.82) is 0 Å². The van der Waals surface area contributed by atoms with Crippen LogP contribution in [0.2, 0.25) is 10.0 Å². The van der Waals surface area contributed by atoms with Crippen LogP contribution in [-0.2, 0) is 9.53 Å². The number of ether oxygens (including phenoxy) is 1. The van der Waals surface area contributed by atoms with Crippen LogP contribution in [0.15, 0.2) is 18.2 Å². The minimum Gasteiger partial charge on any atom is -0.444 e. The highest BCUT2D eigenvalue weighted by atomic mass is 35.5. The molecule has 20 heavy (non-hydrogen) atoms. The van der Waals surface area contributed by atoms with Gasteiger partial charge in [0, 0.05) is 22.0 Å². The van der Waals surface area contributed by atoms with Crippen LogP contribution in [-0.4, -0.2) is 18.0 Å². The van der Waals surface area contributed by atoms with Crippen molar-refractivity contribution >= 4 is 35.6 Å². The van der Waals surface area contributed by atoms with Crippen molar-refractivity contribution in [1.82, 2.24) is 5.32 Å². The van der Waals surface area contributed by atoms with Crippen LogP contribution in [0.3, 0.4) is 0 Å². The molecular weight excluding hydrogens is 301 g/mol. The average Bonchev–Trinajstić information content (AvgIpc) is 2.26. The van der Waals surface area contributed by atoms with E-state index in [1.807, 2.05) is 0 Å². The molecule has 1 rings (SSSR count). The number of halogens is 2. The summed E-state index contributed by atoms with van der Waals surface area (Å²) >= 11 is 12.2. The van der Waals surface area contributed by atoms with E-state index in [1.54, 1.807) is 39.0 Å². The van der Waals surface area contributed by atoms with Gasteiger partial charge in [-0.15, -0.1) is 0 Å². The summed E-state index contributed by atoms with van der Waals surface area (Å²) in [5.41, 5.74) is -0.117. The second kappa shape index (κ2) is 6.95. The summed E-state index contributed by atoms with van der Waals surface area (Å²) in [5.74, 6) is 0. The minimum absolute atomic E-state index is 0.0582. The smallest absolute Gasteiger partial charge is 0.408 e. The van der Waals surface area contributed by atoms with Gasteiger partial charge in [0.15, 0.2) is 0 Å². The molecule has 0 aliphatic heterocycles. The quantitative estimate of drug-likeness (QED) is 0.849. The molecule has 1 amide bonds. The molecule has 0 aromatic heterocycles. The first-order valence-corrected chi connectivity index (χ1v) is 6.87. The third kappa shape index (κ3) is 5.02. The zero-order valence-electron chi connectivity index (χ0n) is 11.6. The van der Waals surface area contributed by atoms with E-state index in [9.17, 15) is 9.59 Å². The second-order valence-electron chi connectivity index (χ2n) is 5.24. The molecule has 1 atom stereocenters. The minimum atomic E-state index is -0.625. The lowest BCUT2D eigenvalue weighted by Crippen LogP contribution is -2.35. The highest BCUT2D eigenvalue weighted by Crippen LogP contribution is 2.31. The number of nitrogens with one attached hydrogen (secondary N) is 1. The molecule has 0 aliphatic carbocycles. The maximum absolute atomic E-state index is 11.8. The number of hydrogen-bond donors (Lipinski definition) is 1. The number of aldehydes is 1. The van der Waals surface area contributed by atoms with Crippen LogP contribution in [0.5, 0.6) is 0 Å². The fourth-order valence-corrected chi connectivity index (χ4v) is 2.30. The molecule has 0 heterocycles. The highest BCUT2D eigenvalue weighted by Gasteiger charge is 2.23. The molecule has 0 spiro atoms. The van der Waals surface area contributed by atoms with Crippen LogP contribution in [0, 0.1) is 0 Å². The number of alkyl carbamates (subject to hydrolysis) is 1. The molecule has 0 aliphatic rings. The van der Waals surface area contributed by atoms with E-state index in [1.165, 1.54) is 0 Å². The number of rotatable bonds is 4. The fraction of sp³-hybridized carbons (Fsp3) is 0.429. The first kappa shape index (κ1) is 16.8. The molecule has 6 heteroatoms. The van der Waals surface area contributed by atoms with Crippen molar-refractivity contribution in [2.24, 2.45) is 0 Å². The van der Waals surface area contributed by atoms with Crippen LogP contribution in [0.4, 0.5) is 4.79 Å². The number of hydrogen-bond acceptors (Lipinski definition) is 3. The first-order valence-electron chi connectivity index (χ1n) is 6.11. The Balaban J connectivity index is 2.95. The lowest BCUT2D eigenvalue weighted by atomic mass is 10.0. The van der Waals surface area contributed by atoms with Gasteiger partial charge in [0.2, 0.25) is 0 Å². The molecule has 0 bridgehead atoms. The highest BCUT2D eigenvalue weighted by molar-refractivity contribution is 6.36. The van der Waals surface area contributed by atoms with Gasteiger partial charge in [0.1, 0.15) is 11.9 Å². The lowest BCUT2D eigenvalue weighted by molar-refractivity contribution is -0.108. The van der Waals surface area contributed by atoms with E-state index in [0.29, 0.717) is 21.9 Å². The largest absolute Gasteiger partial charge is 0.444 e. The number of benzene rings is 1. The third-order valence-corrected chi connectivity index (χ3v) is 3.03. The van der Waals surface area contributed by atoms with Crippen molar-refractivity contribution in [2.75, 3.05) is 0 Å². The first-order chi connectivity index (χ1) is 9.24. The molecule has 4 nitrogen and oxygen atoms in total. The molecule has 110 valence electrons. The predicted molar refractivity (Wildman–Crippen MR) is 79.3 cm³/mol. The van der Waals surface area contributed by atoms with Crippen molar-refractivity contribution in [2.45, 2.75) is 38.8 Å². The second-order valence-corrected chi connectivity index (χ2v) is 6.05. The predicted octanol–water partition coefficient (Wildman–Crippen LogP) is 4.15. The van der Waals surface area contributed by atoms with Gasteiger partial charge in [0.05, 0.1) is 6.04 Å². The summed E-state index contributed by atoms with van der Waals surface area (Å²) in [6, 6.07) is 4.37. The fourth-order valence-electron chi connectivity index (χ4n) is 1.64. The van der Waals surface area contributed by atoms with Gasteiger partial charge in [-0.05, 0) is 32.9 Å². The van der Waals surface area contributed by atoms with Crippen molar-refractivity contribution in [3.8, 4) is 0 Å². The molecule has 0 fully saturated rings. The Labute approximate surface area is 128 Å². The van der Waals surface area contributed by atoms with Gasteiger partial charge in [-0.2, -0.15) is 0 Å².